The van der Waals surface area contributed by atoms with Crippen LogP contribution in [-0.4, -0.2) is 38.1 Å². The van der Waals surface area contributed by atoms with Crippen molar-refractivity contribution in [2.24, 2.45) is 0 Å². The standard InChI is InChI=1S/C11H15NO5S/c1-18(15,16)6-2-5-17-10-7-8(11(13)14)3-4-9(10)12/h3-4,7H,2,5-6,12H2,1H3,(H,13,14). The highest BCUT2D eigenvalue weighted by atomic mass is 32.2. The van der Waals surface area contributed by atoms with Gasteiger partial charge in [-0.2, -0.15) is 0 Å². The molecule has 0 atom stereocenters. The van der Waals surface area contributed by atoms with Crippen LogP contribution in [0.4, 0.5) is 5.69 Å². The number of nitrogen functional groups attached to an aromatic ring is 1. The molecular formula is C11H15NO5S. The van der Waals surface area contributed by atoms with Crippen LogP contribution >= 0.6 is 0 Å². The van der Waals surface area contributed by atoms with Crippen molar-refractivity contribution in [2.75, 3.05) is 24.3 Å². The number of carbonyl (C=O) groups is 1. The number of benzene rings is 1. The number of sulfone groups is 1. The Bertz CT molecular complexity index is 538. The molecule has 1 rings (SSSR count). The van der Waals surface area contributed by atoms with Crippen molar-refractivity contribution in [1.29, 1.82) is 0 Å². The Morgan fingerprint density at radius 2 is 2.11 bits per heavy atom. The van der Waals surface area contributed by atoms with Crippen LogP contribution < -0.4 is 10.5 Å². The van der Waals surface area contributed by atoms with E-state index in [1.165, 1.54) is 18.2 Å². The van der Waals surface area contributed by atoms with Crippen LogP contribution in [0.5, 0.6) is 5.75 Å². The zero-order valence-corrected chi connectivity index (χ0v) is 10.7. The Balaban J connectivity index is 2.61. The van der Waals surface area contributed by atoms with Crippen LogP contribution in [0, 0.1) is 0 Å². The van der Waals surface area contributed by atoms with E-state index in [1.54, 1.807) is 0 Å². The van der Waals surface area contributed by atoms with Crippen molar-refractivity contribution in [1.82, 2.24) is 0 Å². The van der Waals surface area contributed by atoms with Crippen molar-refractivity contribution in [2.45, 2.75) is 6.42 Å². The third-order valence-corrected chi connectivity index (χ3v) is 3.21. The molecule has 0 aliphatic rings. The summed E-state index contributed by atoms with van der Waals surface area (Å²) in [5, 5.41) is 8.80. The van der Waals surface area contributed by atoms with Gasteiger partial charge in [0, 0.05) is 6.26 Å². The summed E-state index contributed by atoms with van der Waals surface area (Å²) in [5.41, 5.74) is 6.01. The predicted octanol–water partition coefficient (Wildman–Crippen LogP) is 0.780. The second kappa shape index (κ2) is 5.72. The minimum absolute atomic E-state index is 0.0194. The predicted molar refractivity (Wildman–Crippen MR) is 67.6 cm³/mol. The summed E-state index contributed by atoms with van der Waals surface area (Å²) in [6, 6.07) is 4.13. The van der Waals surface area contributed by atoms with E-state index in [2.05, 4.69) is 0 Å². The molecule has 0 aliphatic carbocycles. The number of nitrogens with two attached hydrogens (primary N) is 1. The number of carboxylic acid groups (broad SMARTS) is 1. The summed E-state index contributed by atoms with van der Waals surface area (Å²) in [5.74, 6) is -0.801. The minimum atomic E-state index is -3.02. The van der Waals surface area contributed by atoms with Gasteiger partial charge in [-0.1, -0.05) is 0 Å². The van der Waals surface area contributed by atoms with Gasteiger partial charge >= 0.3 is 5.97 Å². The van der Waals surface area contributed by atoms with E-state index in [0.29, 0.717) is 12.1 Å². The van der Waals surface area contributed by atoms with Crippen LogP contribution in [0.1, 0.15) is 16.8 Å². The Labute approximate surface area is 105 Å². The molecule has 3 N–H and O–H groups in total. The second-order valence-corrected chi connectivity index (χ2v) is 6.15. The van der Waals surface area contributed by atoms with Crippen molar-refractivity contribution in [3.63, 3.8) is 0 Å². The molecule has 1 aromatic rings. The van der Waals surface area contributed by atoms with E-state index >= 15 is 0 Å². The zero-order valence-electron chi connectivity index (χ0n) is 9.92. The maximum absolute atomic E-state index is 10.9. The molecule has 0 radical (unpaired) electrons. The van der Waals surface area contributed by atoms with Crippen molar-refractivity contribution >= 4 is 21.5 Å². The highest BCUT2D eigenvalue weighted by Crippen LogP contribution is 2.22. The maximum Gasteiger partial charge on any atom is 0.335 e. The van der Waals surface area contributed by atoms with Gasteiger partial charge in [0.15, 0.2) is 0 Å². The van der Waals surface area contributed by atoms with Crippen LogP contribution in [0.25, 0.3) is 0 Å². The molecule has 6 nitrogen and oxygen atoms in total. The molecule has 0 saturated carbocycles. The number of carboxylic acids is 1. The first-order valence-corrected chi connectivity index (χ1v) is 7.29. The number of anilines is 1. The third kappa shape index (κ3) is 4.62. The van der Waals surface area contributed by atoms with Crippen LogP contribution in [0.15, 0.2) is 18.2 Å². The zero-order chi connectivity index (χ0) is 13.8. The second-order valence-electron chi connectivity index (χ2n) is 3.89. The normalized spacial score (nSPS) is 11.2. The summed E-state index contributed by atoms with van der Waals surface area (Å²) in [6.45, 7) is 0.167. The Kier molecular flexibility index (Phi) is 4.55. The number of aromatic carboxylic acids is 1. The van der Waals surface area contributed by atoms with E-state index in [1.807, 2.05) is 0 Å². The quantitative estimate of drug-likeness (QED) is 0.586. The fourth-order valence-corrected chi connectivity index (χ4v) is 1.94. The van der Waals surface area contributed by atoms with Gasteiger partial charge in [-0.15, -0.1) is 0 Å². The first kappa shape index (κ1) is 14.3. The molecule has 18 heavy (non-hydrogen) atoms. The van der Waals surface area contributed by atoms with Gasteiger partial charge in [-0.05, 0) is 24.6 Å². The third-order valence-electron chi connectivity index (χ3n) is 2.18. The first-order valence-electron chi connectivity index (χ1n) is 5.23. The van der Waals surface area contributed by atoms with Gasteiger partial charge in [0.25, 0.3) is 0 Å². The summed E-state index contributed by atoms with van der Waals surface area (Å²) in [6.07, 6.45) is 1.47. The van der Waals surface area contributed by atoms with E-state index in [-0.39, 0.29) is 23.7 Å². The molecule has 0 aliphatic heterocycles. The minimum Gasteiger partial charge on any atom is -0.491 e. The molecule has 100 valence electrons. The molecule has 0 saturated heterocycles. The first-order chi connectivity index (χ1) is 8.29. The van der Waals surface area contributed by atoms with E-state index in [0.717, 1.165) is 6.26 Å². The highest BCUT2D eigenvalue weighted by molar-refractivity contribution is 7.90. The summed E-state index contributed by atoms with van der Waals surface area (Å²) < 4.78 is 27.1. The smallest absolute Gasteiger partial charge is 0.335 e. The van der Waals surface area contributed by atoms with Gasteiger partial charge < -0.3 is 15.6 Å². The monoisotopic (exact) mass is 273 g/mol. The molecule has 0 unspecified atom stereocenters. The van der Waals surface area contributed by atoms with Crippen LogP contribution in [0.2, 0.25) is 0 Å². The molecule has 0 amide bonds. The maximum atomic E-state index is 10.9. The average Bonchev–Trinajstić information content (AvgIpc) is 2.24. The molecule has 0 aromatic heterocycles. The lowest BCUT2D eigenvalue weighted by Crippen LogP contribution is -2.09. The molecule has 7 heteroatoms. The summed E-state index contributed by atoms with van der Waals surface area (Å²) >= 11 is 0. The van der Waals surface area contributed by atoms with Crippen molar-refractivity contribution in [3.05, 3.63) is 23.8 Å². The van der Waals surface area contributed by atoms with Crippen LogP contribution in [0.3, 0.4) is 0 Å². The summed E-state index contributed by atoms with van der Waals surface area (Å²) in [4.78, 5) is 10.8. The molecule has 0 spiro atoms. The Hall–Kier alpha value is -1.76. The Morgan fingerprint density at radius 3 is 2.67 bits per heavy atom. The lowest BCUT2D eigenvalue weighted by atomic mass is 10.2. The lowest BCUT2D eigenvalue weighted by Gasteiger charge is -2.09. The van der Waals surface area contributed by atoms with E-state index < -0.39 is 15.8 Å². The number of hydrogen-bond acceptors (Lipinski definition) is 5. The van der Waals surface area contributed by atoms with Crippen LogP contribution in [-0.2, 0) is 9.84 Å². The number of rotatable bonds is 6. The van der Waals surface area contributed by atoms with Gasteiger partial charge in [-0.3, -0.25) is 0 Å². The van der Waals surface area contributed by atoms with Crippen molar-refractivity contribution < 1.29 is 23.1 Å². The van der Waals surface area contributed by atoms with E-state index in [4.69, 9.17) is 15.6 Å². The fourth-order valence-electron chi connectivity index (χ4n) is 1.30. The number of hydrogen-bond donors (Lipinski definition) is 2. The summed E-state index contributed by atoms with van der Waals surface area (Å²) in [7, 11) is -3.02. The number of ether oxygens (including phenoxy) is 1. The SMILES string of the molecule is CS(=O)(=O)CCCOc1cc(C(=O)O)ccc1N. The van der Waals surface area contributed by atoms with Gasteiger partial charge in [0.2, 0.25) is 0 Å². The molecule has 0 heterocycles. The molecule has 0 bridgehead atoms. The van der Waals surface area contributed by atoms with E-state index in [9.17, 15) is 13.2 Å². The average molecular weight is 273 g/mol. The highest BCUT2D eigenvalue weighted by Gasteiger charge is 2.08. The molecular weight excluding hydrogens is 258 g/mol. The topological polar surface area (TPSA) is 107 Å². The van der Waals surface area contributed by atoms with Gasteiger partial charge in [-0.25, -0.2) is 13.2 Å². The largest absolute Gasteiger partial charge is 0.491 e. The molecule has 1 aromatic carbocycles. The van der Waals surface area contributed by atoms with Crippen molar-refractivity contribution in [3.8, 4) is 5.75 Å². The fraction of sp³-hybridized carbons (Fsp3) is 0.364. The lowest BCUT2D eigenvalue weighted by molar-refractivity contribution is 0.0696. The van der Waals surface area contributed by atoms with Gasteiger partial charge in [0.05, 0.1) is 23.6 Å². The Morgan fingerprint density at radius 1 is 1.44 bits per heavy atom. The van der Waals surface area contributed by atoms with Gasteiger partial charge in [0.1, 0.15) is 15.6 Å². The molecule has 0 fully saturated rings.